The van der Waals surface area contributed by atoms with Crippen LogP contribution in [0.3, 0.4) is 0 Å². The molecule has 0 aromatic carbocycles. The standard InChI is InChI=1S/C14H17N3OS/c15-9-11-2-1-5-16-13(11)17-12-3-6-18-14(8-12)4-7-19-10-14/h1-2,5,12H,3-4,6-8,10H2,(H,16,17). The zero-order valence-corrected chi connectivity index (χ0v) is 11.6. The van der Waals surface area contributed by atoms with Crippen LogP contribution in [0.2, 0.25) is 0 Å². The van der Waals surface area contributed by atoms with E-state index in [0.717, 1.165) is 31.6 Å². The van der Waals surface area contributed by atoms with Crippen LogP contribution in [-0.2, 0) is 4.74 Å². The molecule has 2 fully saturated rings. The topological polar surface area (TPSA) is 57.9 Å². The van der Waals surface area contributed by atoms with Crippen molar-refractivity contribution < 1.29 is 4.74 Å². The van der Waals surface area contributed by atoms with Gasteiger partial charge in [0, 0.05) is 24.6 Å². The van der Waals surface area contributed by atoms with Gasteiger partial charge in [0.15, 0.2) is 0 Å². The number of nitrogens with one attached hydrogen (secondary N) is 1. The van der Waals surface area contributed by atoms with Crippen LogP contribution < -0.4 is 5.32 Å². The van der Waals surface area contributed by atoms with Crippen LogP contribution >= 0.6 is 11.8 Å². The fraction of sp³-hybridized carbons (Fsp3) is 0.571. The molecular weight excluding hydrogens is 258 g/mol. The molecule has 1 N–H and O–H groups in total. The largest absolute Gasteiger partial charge is 0.374 e. The highest BCUT2D eigenvalue weighted by Crippen LogP contribution is 2.38. The molecule has 3 heterocycles. The van der Waals surface area contributed by atoms with Gasteiger partial charge in [-0.05, 0) is 37.1 Å². The highest BCUT2D eigenvalue weighted by Gasteiger charge is 2.40. The van der Waals surface area contributed by atoms with Crippen molar-refractivity contribution in [2.24, 2.45) is 0 Å². The molecule has 0 amide bonds. The predicted octanol–water partition coefficient (Wildman–Crippen LogP) is 2.42. The summed E-state index contributed by atoms with van der Waals surface area (Å²) in [6, 6.07) is 6.14. The normalized spacial score (nSPS) is 30.2. The molecule has 4 nitrogen and oxygen atoms in total. The van der Waals surface area contributed by atoms with Gasteiger partial charge in [-0.3, -0.25) is 0 Å². The third-order valence-electron chi connectivity index (χ3n) is 3.83. The molecule has 100 valence electrons. The summed E-state index contributed by atoms with van der Waals surface area (Å²) in [6.07, 6.45) is 4.86. The van der Waals surface area contributed by atoms with E-state index in [0.29, 0.717) is 17.4 Å². The van der Waals surface area contributed by atoms with Crippen LogP contribution in [0.25, 0.3) is 0 Å². The lowest BCUT2D eigenvalue weighted by atomic mass is 9.90. The molecule has 1 spiro atoms. The van der Waals surface area contributed by atoms with E-state index in [-0.39, 0.29) is 5.60 Å². The minimum Gasteiger partial charge on any atom is -0.374 e. The molecule has 0 saturated carbocycles. The Morgan fingerprint density at radius 1 is 1.58 bits per heavy atom. The Bertz CT molecular complexity index is 494. The van der Waals surface area contributed by atoms with E-state index in [4.69, 9.17) is 10.00 Å². The number of aromatic nitrogens is 1. The monoisotopic (exact) mass is 275 g/mol. The Kier molecular flexibility index (Phi) is 3.63. The second-order valence-electron chi connectivity index (χ2n) is 5.18. The molecule has 3 rings (SSSR count). The first-order valence-electron chi connectivity index (χ1n) is 6.65. The maximum atomic E-state index is 9.09. The summed E-state index contributed by atoms with van der Waals surface area (Å²) in [7, 11) is 0. The summed E-state index contributed by atoms with van der Waals surface area (Å²) in [6.45, 7) is 0.799. The number of rotatable bonds is 2. The lowest BCUT2D eigenvalue weighted by molar-refractivity contribution is -0.0628. The zero-order chi connectivity index (χ0) is 13.1. The van der Waals surface area contributed by atoms with Crippen molar-refractivity contribution in [2.45, 2.75) is 30.9 Å². The number of ether oxygens (including phenoxy) is 1. The first-order valence-corrected chi connectivity index (χ1v) is 7.80. The Morgan fingerprint density at radius 2 is 2.53 bits per heavy atom. The summed E-state index contributed by atoms with van der Waals surface area (Å²) >= 11 is 1.97. The van der Waals surface area contributed by atoms with Gasteiger partial charge in [0.1, 0.15) is 11.9 Å². The SMILES string of the molecule is N#Cc1cccnc1NC1CCOC2(CCSC2)C1. The number of hydrogen-bond donors (Lipinski definition) is 1. The first kappa shape index (κ1) is 12.8. The molecule has 2 aliphatic heterocycles. The van der Waals surface area contributed by atoms with Crippen LogP contribution in [0.4, 0.5) is 5.82 Å². The van der Waals surface area contributed by atoms with Gasteiger partial charge in [0.25, 0.3) is 0 Å². The number of anilines is 1. The Labute approximate surface area is 117 Å². The zero-order valence-electron chi connectivity index (χ0n) is 10.8. The van der Waals surface area contributed by atoms with E-state index in [1.807, 2.05) is 11.8 Å². The van der Waals surface area contributed by atoms with Crippen molar-refractivity contribution >= 4 is 17.6 Å². The summed E-state index contributed by atoms with van der Waals surface area (Å²) < 4.78 is 6.00. The van der Waals surface area contributed by atoms with Crippen LogP contribution in [0.15, 0.2) is 18.3 Å². The lowest BCUT2D eigenvalue weighted by Crippen LogP contribution is -2.44. The third kappa shape index (κ3) is 2.70. The van der Waals surface area contributed by atoms with E-state index < -0.39 is 0 Å². The molecule has 5 heteroatoms. The molecule has 0 bridgehead atoms. The second-order valence-corrected chi connectivity index (χ2v) is 6.28. The number of nitriles is 1. The molecular formula is C14H17N3OS. The highest BCUT2D eigenvalue weighted by atomic mass is 32.2. The van der Waals surface area contributed by atoms with E-state index in [2.05, 4.69) is 16.4 Å². The van der Waals surface area contributed by atoms with Crippen LogP contribution in [0.1, 0.15) is 24.8 Å². The molecule has 1 aromatic heterocycles. The summed E-state index contributed by atoms with van der Waals surface area (Å²) in [5.74, 6) is 3.00. The van der Waals surface area contributed by atoms with Crippen molar-refractivity contribution in [3.8, 4) is 6.07 Å². The fourth-order valence-electron chi connectivity index (χ4n) is 2.82. The second kappa shape index (κ2) is 5.40. The van der Waals surface area contributed by atoms with Gasteiger partial charge in [-0.2, -0.15) is 17.0 Å². The van der Waals surface area contributed by atoms with E-state index in [1.54, 1.807) is 18.3 Å². The summed E-state index contributed by atoms with van der Waals surface area (Å²) in [5, 5.41) is 12.5. The predicted molar refractivity (Wildman–Crippen MR) is 76.2 cm³/mol. The number of nitrogens with zero attached hydrogens (tertiary/aromatic N) is 2. The molecule has 2 unspecified atom stereocenters. The quantitative estimate of drug-likeness (QED) is 0.898. The van der Waals surface area contributed by atoms with Gasteiger partial charge in [0.05, 0.1) is 11.2 Å². The third-order valence-corrected chi connectivity index (χ3v) is 5.05. The average molecular weight is 275 g/mol. The van der Waals surface area contributed by atoms with E-state index in [1.165, 1.54) is 5.75 Å². The highest BCUT2D eigenvalue weighted by molar-refractivity contribution is 7.99. The van der Waals surface area contributed by atoms with Crippen molar-refractivity contribution in [3.05, 3.63) is 23.9 Å². The molecule has 2 atom stereocenters. The Balaban J connectivity index is 1.71. The Hall–Kier alpha value is -1.25. The van der Waals surface area contributed by atoms with Gasteiger partial charge in [-0.15, -0.1) is 0 Å². The van der Waals surface area contributed by atoms with Crippen LogP contribution in [-0.4, -0.2) is 34.7 Å². The average Bonchev–Trinajstić information content (AvgIpc) is 2.87. The van der Waals surface area contributed by atoms with Gasteiger partial charge < -0.3 is 10.1 Å². The smallest absolute Gasteiger partial charge is 0.144 e. The molecule has 2 aliphatic rings. The number of pyridine rings is 1. The van der Waals surface area contributed by atoms with Crippen molar-refractivity contribution in [2.75, 3.05) is 23.4 Å². The number of hydrogen-bond acceptors (Lipinski definition) is 5. The van der Waals surface area contributed by atoms with Crippen LogP contribution in [0, 0.1) is 11.3 Å². The lowest BCUT2D eigenvalue weighted by Gasteiger charge is -2.38. The van der Waals surface area contributed by atoms with Gasteiger partial charge in [-0.1, -0.05) is 0 Å². The molecule has 0 radical (unpaired) electrons. The fourth-order valence-corrected chi connectivity index (χ4v) is 4.20. The molecule has 0 aliphatic carbocycles. The molecule has 2 saturated heterocycles. The summed E-state index contributed by atoms with van der Waals surface area (Å²) in [4.78, 5) is 4.28. The number of thioether (sulfide) groups is 1. The van der Waals surface area contributed by atoms with Gasteiger partial charge >= 0.3 is 0 Å². The Morgan fingerprint density at radius 3 is 3.32 bits per heavy atom. The maximum Gasteiger partial charge on any atom is 0.144 e. The minimum atomic E-state index is 0.0577. The van der Waals surface area contributed by atoms with Crippen molar-refractivity contribution in [1.82, 2.24) is 4.98 Å². The van der Waals surface area contributed by atoms with E-state index >= 15 is 0 Å². The van der Waals surface area contributed by atoms with E-state index in [9.17, 15) is 0 Å². The van der Waals surface area contributed by atoms with Gasteiger partial charge in [-0.25, -0.2) is 4.98 Å². The van der Waals surface area contributed by atoms with Crippen molar-refractivity contribution in [3.63, 3.8) is 0 Å². The summed E-state index contributed by atoms with van der Waals surface area (Å²) in [5.41, 5.74) is 0.672. The first-order chi connectivity index (χ1) is 9.31. The molecule has 19 heavy (non-hydrogen) atoms. The maximum absolute atomic E-state index is 9.09. The molecule has 1 aromatic rings. The van der Waals surface area contributed by atoms with Crippen LogP contribution in [0.5, 0.6) is 0 Å². The van der Waals surface area contributed by atoms with Crippen molar-refractivity contribution in [1.29, 1.82) is 5.26 Å². The minimum absolute atomic E-state index is 0.0577. The van der Waals surface area contributed by atoms with Gasteiger partial charge in [0.2, 0.25) is 0 Å².